The van der Waals surface area contributed by atoms with E-state index in [4.69, 9.17) is 4.74 Å². The van der Waals surface area contributed by atoms with Crippen LogP contribution < -0.4 is 4.74 Å². The topological polar surface area (TPSA) is 69.9 Å². The van der Waals surface area contributed by atoms with Crippen molar-refractivity contribution >= 4 is 5.97 Å². The first kappa shape index (κ1) is 13.9. The number of esters is 1. The third-order valence-electron chi connectivity index (χ3n) is 3.15. The number of hydrogen-bond donors (Lipinski definition) is 0. The van der Waals surface area contributed by atoms with E-state index in [1.165, 1.54) is 0 Å². The minimum Gasteiger partial charge on any atom is -0.423 e. The lowest BCUT2D eigenvalue weighted by Gasteiger charge is -2.06. The first-order valence-electron chi connectivity index (χ1n) is 6.73. The van der Waals surface area contributed by atoms with Gasteiger partial charge in [0.2, 0.25) is 0 Å². The molecule has 110 valence electrons. The molecule has 0 unspecified atom stereocenters. The zero-order chi connectivity index (χ0) is 15.5. The average molecular weight is 294 g/mol. The van der Waals surface area contributed by atoms with Gasteiger partial charge in [-0.25, -0.2) is 9.78 Å². The minimum absolute atomic E-state index is 0.422. The molecule has 0 amide bonds. The number of pyridine rings is 1. The summed E-state index contributed by atoms with van der Waals surface area (Å²) in [6.07, 6.45) is 3.27. The van der Waals surface area contributed by atoms with Crippen LogP contribution in [0, 0.1) is 6.92 Å². The second-order valence-electron chi connectivity index (χ2n) is 4.79. The Balaban J connectivity index is 1.76. The Hall–Kier alpha value is -3.02. The van der Waals surface area contributed by atoms with Crippen molar-refractivity contribution in [1.82, 2.24) is 19.7 Å². The number of hydrogen-bond acceptors (Lipinski definition) is 5. The van der Waals surface area contributed by atoms with Gasteiger partial charge in [-0.05, 0) is 43.3 Å². The molecular weight excluding hydrogens is 280 g/mol. The summed E-state index contributed by atoms with van der Waals surface area (Å²) < 4.78 is 6.99. The van der Waals surface area contributed by atoms with Crippen molar-refractivity contribution < 1.29 is 9.53 Å². The number of benzene rings is 1. The SMILES string of the molecule is Cc1ncccc1C(=O)Oc1ccc(-c2ncn(C)n2)cc1. The van der Waals surface area contributed by atoms with Crippen LogP contribution in [0.4, 0.5) is 0 Å². The van der Waals surface area contributed by atoms with Crippen LogP contribution in [0.2, 0.25) is 0 Å². The van der Waals surface area contributed by atoms with Crippen LogP contribution in [0.5, 0.6) is 5.75 Å². The standard InChI is InChI=1S/C16H14N4O2/c1-11-14(4-3-9-17-11)16(21)22-13-7-5-12(6-8-13)15-18-10-20(2)19-15/h3-10H,1-2H3. The van der Waals surface area contributed by atoms with E-state index in [9.17, 15) is 4.79 Å². The lowest BCUT2D eigenvalue weighted by atomic mass is 10.2. The molecule has 0 atom stereocenters. The maximum absolute atomic E-state index is 12.1. The Labute approximate surface area is 127 Å². The molecular formula is C16H14N4O2. The van der Waals surface area contributed by atoms with E-state index in [0.717, 1.165) is 5.56 Å². The Kier molecular flexibility index (Phi) is 3.65. The second-order valence-corrected chi connectivity index (χ2v) is 4.79. The number of aryl methyl sites for hydroxylation is 2. The molecule has 0 aliphatic carbocycles. The van der Waals surface area contributed by atoms with E-state index in [1.807, 2.05) is 19.2 Å². The molecule has 0 N–H and O–H groups in total. The molecule has 0 bridgehead atoms. The van der Waals surface area contributed by atoms with Crippen LogP contribution in [0.15, 0.2) is 48.9 Å². The molecule has 0 aliphatic rings. The highest BCUT2D eigenvalue weighted by Crippen LogP contribution is 2.20. The van der Waals surface area contributed by atoms with E-state index in [0.29, 0.717) is 22.8 Å². The Morgan fingerprint density at radius 2 is 1.91 bits per heavy atom. The average Bonchev–Trinajstić information content (AvgIpc) is 2.95. The summed E-state index contributed by atoms with van der Waals surface area (Å²) in [6.45, 7) is 1.77. The van der Waals surface area contributed by atoms with Crippen molar-refractivity contribution in [2.45, 2.75) is 6.92 Å². The molecule has 1 aromatic carbocycles. The monoisotopic (exact) mass is 294 g/mol. The smallest absolute Gasteiger partial charge is 0.345 e. The number of rotatable bonds is 3. The van der Waals surface area contributed by atoms with Gasteiger partial charge in [-0.15, -0.1) is 0 Å². The molecule has 6 heteroatoms. The Bertz CT molecular complexity index is 809. The molecule has 0 fully saturated rings. The van der Waals surface area contributed by atoms with Crippen molar-refractivity contribution in [1.29, 1.82) is 0 Å². The molecule has 0 radical (unpaired) electrons. The van der Waals surface area contributed by atoms with Crippen molar-refractivity contribution in [2.75, 3.05) is 0 Å². The highest BCUT2D eigenvalue weighted by atomic mass is 16.5. The van der Waals surface area contributed by atoms with E-state index in [-0.39, 0.29) is 0 Å². The predicted octanol–water partition coefficient (Wildman–Crippen LogP) is 2.40. The summed E-state index contributed by atoms with van der Waals surface area (Å²) in [5.74, 6) is 0.672. The number of carbonyl (C=O) groups is 1. The fourth-order valence-corrected chi connectivity index (χ4v) is 2.01. The fraction of sp³-hybridized carbons (Fsp3) is 0.125. The molecule has 0 aliphatic heterocycles. The third kappa shape index (κ3) is 2.85. The first-order chi connectivity index (χ1) is 10.6. The van der Waals surface area contributed by atoms with Gasteiger partial charge in [-0.1, -0.05) is 0 Å². The minimum atomic E-state index is -0.422. The van der Waals surface area contributed by atoms with Gasteiger partial charge in [-0.3, -0.25) is 9.67 Å². The molecule has 22 heavy (non-hydrogen) atoms. The molecule has 0 saturated carbocycles. The number of carbonyl (C=O) groups excluding carboxylic acids is 1. The van der Waals surface area contributed by atoms with E-state index < -0.39 is 5.97 Å². The summed E-state index contributed by atoms with van der Waals surface area (Å²) >= 11 is 0. The van der Waals surface area contributed by atoms with Gasteiger partial charge in [-0.2, -0.15) is 5.10 Å². The lowest BCUT2D eigenvalue weighted by molar-refractivity contribution is 0.0733. The van der Waals surface area contributed by atoms with Crippen molar-refractivity contribution in [2.24, 2.45) is 7.05 Å². The highest BCUT2D eigenvalue weighted by Gasteiger charge is 2.12. The van der Waals surface area contributed by atoms with E-state index >= 15 is 0 Å². The van der Waals surface area contributed by atoms with Gasteiger partial charge in [0.1, 0.15) is 12.1 Å². The molecule has 3 rings (SSSR count). The quantitative estimate of drug-likeness (QED) is 0.548. The Morgan fingerprint density at radius 1 is 1.14 bits per heavy atom. The molecule has 0 saturated heterocycles. The second kappa shape index (κ2) is 5.77. The molecule has 2 aromatic heterocycles. The van der Waals surface area contributed by atoms with Crippen molar-refractivity contribution in [3.63, 3.8) is 0 Å². The van der Waals surface area contributed by atoms with E-state index in [1.54, 1.807) is 48.4 Å². The molecule has 2 heterocycles. The fourth-order valence-electron chi connectivity index (χ4n) is 2.01. The van der Waals surface area contributed by atoms with Gasteiger partial charge in [0.25, 0.3) is 0 Å². The Morgan fingerprint density at radius 3 is 2.55 bits per heavy atom. The third-order valence-corrected chi connectivity index (χ3v) is 3.15. The molecule has 3 aromatic rings. The first-order valence-corrected chi connectivity index (χ1v) is 6.73. The van der Waals surface area contributed by atoms with Crippen LogP contribution in [0.25, 0.3) is 11.4 Å². The zero-order valence-electron chi connectivity index (χ0n) is 12.2. The number of aromatic nitrogens is 4. The van der Waals surface area contributed by atoms with Crippen molar-refractivity contribution in [3.05, 3.63) is 60.2 Å². The molecule has 0 spiro atoms. The number of nitrogens with zero attached hydrogens (tertiary/aromatic N) is 4. The van der Waals surface area contributed by atoms with Crippen molar-refractivity contribution in [3.8, 4) is 17.1 Å². The van der Waals surface area contributed by atoms with Gasteiger partial charge in [0.15, 0.2) is 5.82 Å². The van der Waals surface area contributed by atoms with Gasteiger partial charge in [0.05, 0.1) is 11.3 Å². The van der Waals surface area contributed by atoms with Crippen LogP contribution in [0.1, 0.15) is 16.1 Å². The van der Waals surface area contributed by atoms with E-state index in [2.05, 4.69) is 15.1 Å². The summed E-state index contributed by atoms with van der Waals surface area (Å²) in [5, 5.41) is 4.22. The van der Waals surface area contributed by atoms with Crippen LogP contribution >= 0.6 is 0 Å². The summed E-state index contributed by atoms with van der Waals surface area (Å²) in [4.78, 5) is 20.4. The van der Waals surface area contributed by atoms with Crippen LogP contribution in [-0.2, 0) is 7.05 Å². The zero-order valence-corrected chi connectivity index (χ0v) is 12.2. The lowest BCUT2D eigenvalue weighted by Crippen LogP contribution is -2.10. The van der Waals surface area contributed by atoms with Gasteiger partial charge >= 0.3 is 5.97 Å². The normalized spacial score (nSPS) is 10.5. The van der Waals surface area contributed by atoms with Gasteiger partial charge in [0, 0.05) is 18.8 Å². The molecule has 6 nitrogen and oxygen atoms in total. The summed E-state index contributed by atoms with van der Waals surface area (Å²) in [5.41, 5.74) is 1.96. The van der Waals surface area contributed by atoms with Crippen LogP contribution in [-0.4, -0.2) is 25.7 Å². The maximum Gasteiger partial charge on any atom is 0.345 e. The predicted molar refractivity (Wildman–Crippen MR) is 80.4 cm³/mol. The highest BCUT2D eigenvalue weighted by molar-refractivity contribution is 5.92. The summed E-state index contributed by atoms with van der Waals surface area (Å²) in [7, 11) is 1.81. The number of ether oxygens (including phenoxy) is 1. The largest absolute Gasteiger partial charge is 0.423 e. The maximum atomic E-state index is 12.1. The van der Waals surface area contributed by atoms with Gasteiger partial charge < -0.3 is 4.74 Å². The summed E-state index contributed by atoms with van der Waals surface area (Å²) in [6, 6.07) is 10.5. The van der Waals surface area contributed by atoms with Crippen LogP contribution in [0.3, 0.4) is 0 Å².